The van der Waals surface area contributed by atoms with E-state index in [4.69, 9.17) is 4.74 Å². The SMILES string of the molecule is CCOC(=O)c1cnn(CCN(CC)CC)c1. The summed E-state index contributed by atoms with van der Waals surface area (Å²) in [7, 11) is 0. The minimum atomic E-state index is -0.304. The van der Waals surface area contributed by atoms with Crippen molar-refractivity contribution in [2.45, 2.75) is 27.3 Å². The molecule has 1 rings (SSSR count). The molecule has 0 saturated heterocycles. The maximum Gasteiger partial charge on any atom is 0.341 e. The highest BCUT2D eigenvalue weighted by atomic mass is 16.5. The molecule has 5 nitrogen and oxygen atoms in total. The van der Waals surface area contributed by atoms with Crippen molar-refractivity contribution in [3.8, 4) is 0 Å². The van der Waals surface area contributed by atoms with Gasteiger partial charge in [-0.1, -0.05) is 13.8 Å². The van der Waals surface area contributed by atoms with Crippen LogP contribution in [-0.2, 0) is 11.3 Å². The van der Waals surface area contributed by atoms with Gasteiger partial charge in [-0.25, -0.2) is 4.79 Å². The summed E-state index contributed by atoms with van der Waals surface area (Å²) >= 11 is 0. The van der Waals surface area contributed by atoms with Crippen molar-refractivity contribution in [2.24, 2.45) is 0 Å². The first-order chi connectivity index (χ1) is 8.21. The van der Waals surface area contributed by atoms with Crippen molar-refractivity contribution in [1.29, 1.82) is 0 Å². The Bertz CT molecular complexity index is 345. The van der Waals surface area contributed by atoms with E-state index in [-0.39, 0.29) is 5.97 Å². The van der Waals surface area contributed by atoms with Gasteiger partial charge in [0.2, 0.25) is 0 Å². The molecule has 0 N–H and O–H groups in total. The molecular weight excluding hydrogens is 218 g/mol. The summed E-state index contributed by atoms with van der Waals surface area (Å²) < 4.78 is 6.69. The molecule has 1 heterocycles. The molecule has 0 saturated carbocycles. The lowest BCUT2D eigenvalue weighted by molar-refractivity contribution is 0.0526. The molecule has 0 bridgehead atoms. The Balaban J connectivity index is 2.48. The van der Waals surface area contributed by atoms with Crippen LogP contribution in [-0.4, -0.2) is 46.9 Å². The topological polar surface area (TPSA) is 47.4 Å². The van der Waals surface area contributed by atoms with Crippen molar-refractivity contribution < 1.29 is 9.53 Å². The fraction of sp³-hybridized carbons (Fsp3) is 0.667. The third-order valence-corrected chi connectivity index (χ3v) is 2.68. The molecular formula is C12H21N3O2. The zero-order valence-corrected chi connectivity index (χ0v) is 10.8. The van der Waals surface area contributed by atoms with Crippen molar-refractivity contribution in [2.75, 3.05) is 26.2 Å². The van der Waals surface area contributed by atoms with E-state index in [0.717, 1.165) is 26.2 Å². The van der Waals surface area contributed by atoms with Crippen LogP contribution in [0.3, 0.4) is 0 Å². The van der Waals surface area contributed by atoms with Gasteiger partial charge in [-0.3, -0.25) is 4.68 Å². The van der Waals surface area contributed by atoms with Crippen LogP contribution < -0.4 is 0 Å². The van der Waals surface area contributed by atoms with E-state index >= 15 is 0 Å². The van der Waals surface area contributed by atoms with E-state index in [9.17, 15) is 4.79 Å². The fourth-order valence-electron chi connectivity index (χ4n) is 1.59. The minimum Gasteiger partial charge on any atom is -0.462 e. The molecule has 0 aliphatic carbocycles. The monoisotopic (exact) mass is 239 g/mol. The molecule has 0 fully saturated rings. The zero-order chi connectivity index (χ0) is 12.7. The Hall–Kier alpha value is -1.36. The maximum atomic E-state index is 11.4. The summed E-state index contributed by atoms with van der Waals surface area (Å²) in [6, 6.07) is 0. The summed E-state index contributed by atoms with van der Waals surface area (Å²) in [5.74, 6) is -0.304. The van der Waals surface area contributed by atoms with Gasteiger partial charge >= 0.3 is 5.97 Å². The Morgan fingerprint density at radius 2 is 2.12 bits per heavy atom. The zero-order valence-electron chi connectivity index (χ0n) is 10.8. The second-order valence-electron chi connectivity index (χ2n) is 3.74. The second kappa shape index (κ2) is 7.06. The van der Waals surface area contributed by atoms with Crippen LogP contribution in [0.2, 0.25) is 0 Å². The average Bonchev–Trinajstić information content (AvgIpc) is 2.79. The van der Waals surface area contributed by atoms with Gasteiger partial charge in [-0.15, -0.1) is 0 Å². The molecule has 1 aromatic rings. The molecule has 96 valence electrons. The van der Waals surface area contributed by atoms with Gasteiger partial charge in [0.1, 0.15) is 0 Å². The Kier molecular flexibility index (Phi) is 5.69. The van der Waals surface area contributed by atoms with Gasteiger partial charge in [-0.2, -0.15) is 5.10 Å². The number of aromatic nitrogens is 2. The number of nitrogens with zero attached hydrogens (tertiary/aromatic N) is 3. The van der Waals surface area contributed by atoms with Gasteiger partial charge in [0, 0.05) is 12.7 Å². The van der Waals surface area contributed by atoms with E-state index in [1.165, 1.54) is 0 Å². The quantitative estimate of drug-likeness (QED) is 0.675. The van der Waals surface area contributed by atoms with Crippen LogP contribution in [0.25, 0.3) is 0 Å². The van der Waals surface area contributed by atoms with Crippen LogP contribution in [0.1, 0.15) is 31.1 Å². The lowest BCUT2D eigenvalue weighted by Gasteiger charge is -2.17. The molecule has 1 aromatic heterocycles. The van der Waals surface area contributed by atoms with Crippen molar-refractivity contribution in [3.05, 3.63) is 18.0 Å². The summed E-state index contributed by atoms with van der Waals surface area (Å²) in [5, 5.41) is 4.15. The van der Waals surface area contributed by atoms with E-state index < -0.39 is 0 Å². The van der Waals surface area contributed by atoms with Crippen LogP contribution in [0.5, 0.6) is 0 Å². The van der Waals surface area contributed by atoms with E-state index in [1.54, 1.807) is 24.0 Å². The van der Waals surface area contributed by atoms with Crippen molar-refractivity contribution in [3.63, 3.8) is 0 Å². The third kappa shape index (κ3) is 4.19. The van der Waals surface area contributed by atoms with E-state index in [1.807, 2.05) is 0 Å². The second-order valence-corrected chi connectivity index (χ2v) is 3.74. The van der Waals surface area contributed by atoms with Crippen LogP contribution >= 0.6 is 0 Å². The van der Waals surface area contributed by atoms with Gasteiger partial charge < -0.3 is 9.64 Å². The Morgan fingerprint density at radius 1 is 1.41 bits per heavy atom. The summed E-state index contributed by atoms with van der Waals surface area (Å²) in [4.78, 5) is 13.7. The minimum absolute atomic E-state index is 0.304. The number of rotatable bonds is 7. The number of hydrogen-bond acceptors (Lipinski definition) is 4. The molecule has 17 heavy (non-hydrogen) atoms. The predicted molar refractivity (Wildman–Crippen MR) is 66.0 cm³/mol. The Morgan fingerprint density at radius 3 is 2.71 bits per heavy atom. The summed E-state index contributed by atoms with van der Waals surface area (Å²) in [6.07, 6.45) is 3.29. The molecule has 0 aliphatic rings. The first-order valence-electron chi connectivity index (χ1n) is 6.13. The normalized spacial score (nSPS) is 10.8. The molecule has 0 aromatic carbocycles. The summed E-state index contributed by atoms with van der Waals surface area (Å²) in [6.45, 7) is 10.3. The highest BCUT2D eigenvalue weighted by Gasteiger charge is 2.09. The number of esters is 1. The molecule has 0 aliphatic heterocycles. The standard InChI is InChI=1S/C12H21N3O2/c1-4-14(5-2)7-8-15-10-11(9-13-15)12(16)17-6-3/h9-10H,4-8H2,1-3H3. The highest BCUT2D eigenvalue weighted by molar-refractivity contribution is 5.88. The number of ether oxygens (including phenoxy) is 1. The van der Waals surface area contributed by atoms with Crippen molar-refractivity contribution in [1.82, 2.24) is 14.7 Å². The first kappa shape index (κ1) is 13.7. The summed E-state index contributed by atoms with van der Waals surface area (Å²) in [5.41, 5.74) is 0.520. The molecule has 0 spiro atoms. The Labute approximate surface area is 102 Å². The average molecular weight is 239 g/mol. The van der Waals surface area contributed by atoms with E-state index in [0.29, 0.717) is 12.2 Å². The molecule has 0 unspecified atom stereocenters. The number of carbonyl (C=O) groups excluding carboxylic acids is 1. The van der Waals surface area contributed by atoms with Crippen molar-refractivity contribution >= 4 is 5.97 Å². The van der Waals surface area contributed by atoms with Gasteiger partial charge in [0.25, 0.3) is 0 Å². The maximum absolute atomic E-state index is 11.4. The van der Waals surface area contributed by atoms with Gasteiger partial charge in [0.15, 0.2) is 0 Å². The predicted octanol–water partition coefficient (Wildman–Crippen LogP) is 1.40. The van der Waals surface area contributed by atoms with E-state index in [2.05, 4.69) is 23.8 Å². The molecule has 0 atom stereocenters. The molecule has 0 amide bonds. The number of hydrogen-bond donors (Lipinski definition) is 0. The molecule has 0 radical (unpaired) electrons. The third-order valence-electron chi connectivity index (χ3n) is 2.68. The van der Waals surface area contributed by atoms with Crippen LogP contribution in [0.4, 0.5) is 0 Å². The van der Waals surface area contributed by atoms with Crippen LogP contribution in [0.15, 0.2) is 12.4 Å². The lowest BCUT2D eigenvalue weighted by Crippen LogP contribution is -2.27. The molecule has 5 heteroatoms. The highest BCUT2D eigenvalue weighted by Crippen LogP contribution is 2.01. The smallest absolute Gasteiger partial charge is 0.341 e. The fourth-order valence-corrected chi connectivity index (χ4v) is 1.59. The lowest BCUT2D eigenvalue weighted by atomic mass is 10.4. The largest absolute Gasteiger partial charge is 0.462 e. The van der Waals surface area contributed by atoms with Gasteiger partial charge in [0.05, 0.1) is 24.9 Å². The number of carbonyl (C=O) groups is 1. The number of likely N-dealkylation sites (N-methyl/N-ethyl adjacent to an activating group) is 1. The first-order valence-corrected chi connectivity index (χ1v) is 6.13. The van der Waals surface area contributed by atoms with Gasteiger partial charge in [-0.05, 0) is 20.0 Å². The van der Waals surface area contributed by atoms with Crippen LogP contribution in [0, 0.1) is 0 Å².